The van der Waals surface area contributed by atoms with Gasteiger partial charge in [-0.3, -0.25) is 4.90 Å². The fourth-order valence-electron chi connectivity index (χ4n) is 3.73. The van der Waals surface area contributed by atoms with Gasteiger partial charge < -0.3 is 20.5 Å². The Labute approximate surface area is 182 Å². The number of hydrogen-bond acceptors (Lipinski definition) is 8. The lowest BCUT2D eigenvalue weighted by Gasteiger charge is -2.26. The Morgan fingerprint density at radius 3 is 2.35 bits per heavy atom. The Morgan fingerprint density at radius 1 is 1.00 bits per heavy atom. The average Bonchev–Trinajstić information content (AvgIpc) is 2.72. The molecule has 1 fully saturated rings. The van der Waals surface area contributed by atoms with E-state index >= 15 is 0 Å². The van der Waals surface area contributed by atoms with Gasteiger partial charge in [-0.05, 0) is 49.6 Å². The van der Waals surface area contributed by atoms with Crippen molar-refractivity contribution in [1.29, 1.82) is 0 Å². The van der Waals surface area contributed by atoms with Gasteiger partial charge >= 0.3 is 6.01 Å². The molecule has 1 saturated heterocycles. The van der Waals surface area contributed by atoms with Crippen molar-refractivity contribution in [1.82, 2.24) is 19.9 Å². The van der Waals surface area contributed by atoms with Crippen LogP contribution >= 0.6 is 0 Å². The number of nitrogen functional groups attached to an aromatic ring is 1. The molecule has 0 radical (unpaired) electrons. The van der Waals surface area contributed by atoms with Crippen molar-refractivity contribution < 1.29 is 9.47 Å². The van der Waals surface area contributed by atoms with Crippen LogP contribution in [0, 0.1) is 20.8 Å². The first-order valence-corrected chi connectivity index (χ1v) is 10.4. The molecule has 8 heteroatoms. The van der Waals surface area contributed by atoms with Crippen molar-refractivity contribution in [3.63, 3.8) is 0 Å². The lowest BCUT2D eigenvalue weighted by atomic mass is 10.1. The average molecular weight is 421 g/mol. The van der Waals surface area contributed by atoms with Crippen LogP contribution in [0.25, 0.3) is 0 Å². The predicted molar refractivity (Wildman–Crippen MR) is 121 cm³/mol. The largest absolute Gasteiger partial charge is 0.424 e. The van der Waals surface area contributed by atoms with E-state index in [2.05, 4.69) is 56.4 Å². The highest BCUT2D eigenvalue weighted by atomic mass is 16.5. The minimum absolute atomic E-state index is 0.0962. The molecule has 0 amide bonds. The molecule has 0 aliphatic carbocycles. The van der Waals surface area contributed by atoms with Crippen molar-refractivity contribution in [3.05, 3.63) is 58.7 Å². The van der Waals surface area contributed by atoms with Crippen molar-refractivity contribution in [2.45, 2.75) is 27.3 Å². The number of ether oxygens (including phenoxy) is 2. The first-order valence-electron chi connectivity index (χ1n) is 10.4. The number of anilines is 3. The fraction of sp³-hybridized carbons (Fsp3) is 0.348. The summed E-state index contributed by atoms with van der Waals surface area (Å²) in [4.78, 5) is 15.1. The van der Waals surface area contributed by atoms with Crippen LogP contribution < -0.4 is 15.8 Å². The summed E-state index contributed by atoms with van der Waals surface area (Å²) < 4.78 is 11.4. The highest BCUT2D eigenvalue weighted by Crippen LogP contribution is 2.29. The second-order valence-electron chi connectivity index (χ2n) is 7.84. The van der Waals surface area contributed by atoms with Crippen LogP contribution in [0.1, 0.15) is 22.3 Å². The van der Waals surface area contributed by atoms with E-state index in [1.807, 2.05) is 26.0 Å². The van der Waals surface area contributed by atoms with Crippen LogP contribution in [0.2, 0.25) is 0 Å². The van der Waals surface area contributed by atoms with E-state index in [0.29, 0.717) is 5.95 Å². The third-order valence-corrected chi connectivity index (χ3v) is 5.15. The summed E-state index contributed by atoms with van der Waals surface area (Å²) in [6.07, 6.45) is 0. The standard InChI is InChI=1S/C23H28N6O2/c1-15-12-16(2)20(17(3)13-15)31-23-27-21(24)26-22(28-23)25-19-6-4-18(5-7-19)14-29-8-10-30-11-9-29/h4-7,12-13H,8-11,14H2,1-3H3,(H3,24,25,26,27,28). The van der Waals surface area contributed by atoms with Gasteiger partial charge in [0.2, 0.25) is 11.9 Å². The van der Waals surface area contributed by atoms with Crippen LogP contribution in [-0.2, 0) is 11.3 Å². The number of hydrogen-bond donors (Lipinski definition) is 2. The second kappa shape index (κ2) is 9.28. The van der Waals surface area contributed by atoms with Crippen LogP contribution in [0.3, 0.4) is 0 Å². The molecule has 1 aliphatic heterocycles. The number of aryl methyl sites for hydroxylation is 3. The van der Waals surface area contributed by atoms with Gasteiger partial charge in [0.1, 0.15) is 5.75 Å². The summed E-state index contributed by atoms with van der Waals surface area (Å²) in [5.41, 5.74) is 11.2. The van der Waals surface area contributed by atoms with E-state index in [9.17, 15) is 0 Å². The topological polar surface area (TPSA) is 98.4 Å². The second-order valence-corrected chi connectivity index (χ2v) is 7.84. The summed E-state index contributed by atoms with van der Waals surface area (Å²) in [6.45, 7) is 10.5. The molecule has 4 rings (SSSR count). The highest BCUT2D eigenvalue weighted by molar-refractivity contribution is 5.55. The van der Waals surface area contributed by atoms with Crippen LogP contribution in [-0.4, -0.2) is 46.2 Å². The smallest absolute Gasteiger partial charge is 0.328 e. The first kappa shape index (κ1) is 21.0. The molecule has 1 aliphatic rings. The number of morpholine rings is 1. The molecule has 1 aromatic heterocycles. The zero-order chi connectivity index (χ0) is 21.8. The summed E-state index contributed by atoms with van der Waals surface area (Å²) in [7, 11) is 0. The van der Waals surface area contributed by atoms with E-state index in [0.717, 1.165) is 55.4 Å². The van der Waals surface area contributed by atoms with Crippen LogP contribution in [0.4, 0.5) is 17.6 Å². The fourth-order valence-corrected chi connectivity index (χ4v) is 3.73. The van der Waals surface area contributed by atoms with Gasteiger partial charge in [0.15, 0.2) is 0 Å². The van der Waals surface area contributed by atoms with Gasteiger partial charge in [-0.15, -0.1) is 0 Å². The molecule has 2 heterocycles. The Kier molecular flexibility index (Phi) is 6.29. The summed E-state index contributed by atoms with van der Waals surface area (Å²) >= 11 is 0. The molecule has 0 atom stereocenters. The van der Waals surface area contributed by atoms with Gasteiger partial charge in [-0.2, -0.15) is 15.0 Å². The molecule has 0 unspecified atom stereocenters. The SMILES string of the molecule is Cc1cc(C)c(Oc2nc(N)nc(Nc3ccc(CN4CCOCC4)cc3)n2)c(C)c1. The number of nitrogens with one attached hydrogen (secondary N) is 1. The Bertz CT molecular complexity index is 1030. The molecule has 3 aromatic rings. The van der Waals surface area contributed by atoms with E-state index < -0.39 is 0 Å². The lowest BCUT2D eigenvalue weighted by Crippen LogP contribution is -2.35. The monoisotopic (exact) mass is 420 g/mol. The molecule has 162 valence electrons. The zero-order valence-electron chi connectivity index (χ0n) is 18.2. The molecule has 2 aromatic carbocycles. The van der Waals surface area contributed by atoms with E-state index in [-0.39, 0.29) is 12.0 Å². The van der Waals surface area contributed by atoms with E-state index in [4.69, 9.17) is 15.2 Å². The summed E-state index contributed by atoms with van der Waals surface area (Å²) in [6, 6.07) is 12.5. The maximum Gasteiger partial charge on any atom is 0.328 e. The van der Waals surface area contributed by atoms with E-state index in [1.165, 1.54) is 11.1 Å². The van der Waals surface area contributed by atoms with Crippen molar-refractivity contribution in [2.24, 2.45) is 0 Å². The third kappa shape index (κ3) is 5.48. The van der Waals surface area contributed by atoms with Gasteiger partial charge in [-0.1, -0.05) is 29.8 Å². The molecule has 0 saturated carbocycles. The number of nitrogens with zero attached hydrogens (tertiary/aromatic N) is 4. The number of benzene rings is 2. The molecule has 0 bridgehead atoms. The maximum absolute atomic E-state index is 5.96. The third-order valence-electron chi connectivity index (χ3n) is 5.15. The van der Waals surface area contributed by atoms with Gasteiger partial charge in [0.05, 0.1) is 13.2 Å². The molecular weight excluding hydrogens is 392 g/mol. The zero-order valence-corrected chi connectivity index (χ0v) is 18.2. The minimum atomic E-state index is 0.0962. The molecule has 8 nitrogen and oxygen atoms in total. The molecule has 31 heavy (non-hydrogen) atoms. The van der Waals surface area contributed by atoms with Crippen LogP contribution in [0.5, 0.6) is 11.8 Å². The first-order chi connectivity index (χ1) is 15.0. The van der Waals surface area contributed by atoms with Gasteiger partial charge in [0, 0.05) is 25.3 Å². The predicted octanol–water partition coefficient (Wildman–Crippen LogP) is 3.75. The van der Waals surface area contributed by atoms with Gasteiger partial charge in [-0.25, -0.2) is 0 Å². The molecule has 3 N–H and O–H groups in total. The summed E-state index contributed by atoms with van der Waals surface area (Å²) in [5, 5.41) is 3.18. The molecule has 0 spiro atoms. The van der Waals surface area contributed by atoms with Crippen molar-refractivity contribution in [3.8, 4) is 11.8 Å². The Hall–Kier alpha value is -3.23. The van der Waals surface area contributed by atoms with E-state index in [1.54, 1.807) is 0 Å². The van der Waals surface area contributed by atoms with Crippen LogP contribution in [0.15, 0.2) is 36.4 Å². The lowest BCUT2D eigenvalue weighted by molar-refractivity contribution is 0.0342. The minimum Gasteiger partial charge on any atom is -0.424 e. The molecular formula is C23H28N6O2. The number of aromatic nitrogens is 3. The van der Waals surface area contributed by atoms with Gasteiger partial charge in [0.25, 0.3) is 0 Å². The Balaban J connectivity index is 1.46. The van der Waals surface area contributed by atoms with Crippen molar-refractivity contribution in [2.75, 3.05) is 37.4 Å². The number of rotatable bonds is 6. The maximum atomic E-state index is 5.96. The highest BCUT2D eigenvalue weighted by Gasteiger charge is 2.13. The van der Waals surface area contributed by atoms with Crippen molar-refractivity contribution >= 4 is 17.6 Å². The quantitative estimate of drug-likeness (QED) is 0.622. The summed E-state index contributed by atoms with van der Waals surface area (Å²) in [5.74, 6) is 1.17. The number of nitrogens with two attached hydrogens (primary N) is 1. The Morgan fingerprint density at radius 2 is 1.68 bits per heavy atom. The normalized spacial score (nSPS) is 14.4.